The van der Waals surface area contributed by atoms with Crippen LogP contribution >= 0.6 is 9.47 Å². The molecule has 0 amide bonds. The normalized spacial score (nSPS) is 11.2. The molecule has 0 bridgehead atoms. The van der Waals surface area contributed by atoms with Crippen molar-refractivity contribution in [1.29, 1.82) is 0 Å². The molecule has 12 heavy (non-hydrogen) atoms. The largest absolute Gasteiger partial charge is 0.286 e. The summed E-state index contributed by atoms with van der Waals surface area (Å²) in [6, 6.07) is 0. The van der Waals surface area contributed by atoms with Gasteiger partial charge in [0.1, 0.15) is 0 Å². The average molecular weight is 424 g/mol. The third kappa shape index (κ3) is 11.7. The Morgan fingerprint density at radius 1 is 1.17 bits per heavy atom. The molecule has 0 aromatic rings. The molecule has 0 fully saturated rings. The van der Waals surface area contributed by atoms with Crippen LogP contribution in [0.25, 0.3) is 0 Å². The Balaban J connectivity index is -0.000000405. The first-order valence-corrected chi connectivity index (χ1v) is 5.49. The summed E-state index contributed by atoms with van der Waals surface area (Å²) in [5.74, 6) is 0. The molecule has 0 aliphatic heterocycles. The molecule has 1 atom stereocenters. The van der Waals surface area contributed by atoms with Crippen LogP contribution in [0.15, 0.2) is 0 Å². The second kappa shape index (κ2) is 7.08. The molecule has 0 saturated heterocycles. The summed E-state index contributed by atoms with van der Waals surface area (Å²) in [6.07, 6.45) is 0. The molecule has 11 heteroatoms. The van der Waals surface area contributed by atoms with E-state index in [-0.39, 0.29) is 44.8 Å². The van der Waals surface area contributed by atoms with Gasteiger partial charge in [-0.15, -0.1) is 0 Å². The van der Waals surface area contributed by atoms with E-state index in [1.165, 1.54) is 9.47 Å². The van der Waals surface area contributed by atoms with E-state index in [2.05, 4.69) is 3.97 Å². The minimum Gasteiger partial charge on any atom is -0.285 e. The van der Waals surface area contributed by atoms with Gasteiger partial charge in [0.2, 0.25) is 5.08 Å². The summed E-state index contributed by atoms with van der Waals surface area (Å²) in [5.41, 5.74) is 0. The Hall–Kier alpha value is 1.73. The molecule has 0 aliphatic rings. The van der Waals surface area contributed by atoms with Crippen LogP contribution in [0, 0.1) is 0 Å². The standard InChI is InChI=1S/CH5O6PS2.2Ag/c2-9(3,4)1-10(5,6)7-8;;/h1,8H2,(H,2,3,4);;. The molecule has 1 unspecified atom stereocenters. The molecule has 0 aromatic heterocycles. The molecule has 0 rings (SSSR count). The summed E-state index contributed by atoms with van der Waals surface area (Å²) < 4.78 is 51.9. The topological polar surface area (TPSA) is 97.7 Å². The van der Waals surface area contributed by atoms with E-state index in [0.29, 0.717) is 0 Å². The molecule has 0 aromatic carbocycles. The van der Waals surface area contributed by atoms with Gasteiger partial charge in [-0.1, -0.05) is 0 Å². The zero-order chi connectivity index (χ0) is 8.41. The third-order valence-corrected chi connectivity index (χ3v) is 3.96. The van der Waals surface area contributed by atoms with E-state index in [9.17, 15) is 16.8 Å². The Morgan fingerprint density at radius 3 is 1.58 bits per heavy atom. The first kappa shape index (κ1) is 19.3. The van der Waals surface area contributed by atoms with Crippen LogP contribution in [0.1, 0.15) is 0 Å². The van der Waals surface area contributed by atoms with Crippen molar-refractivity contribution in [2.75, 3.05) is 5.08 Å². The average Bonchev–Trinajstić information content (AvgIpc) is 1.60. The van der Waals surface area contributed by atoms with Crippen LogP contribution in [-0.2, 0) is 69.0 Å². The number of hydrogen-bond donors (Lipinski definition) is 1. The molecule has 0 heterocycles. The second-order valence-corrected chi connectivity index (χ2v) is 5.35. The smallest absolute Gasteiger partial charge is 0.285 e. The Labute approximate surface area is 104 Å². The van der Waals surface area contributed by atoms with E-state index in [4.69, 9.17) is 4.55 Å². The molecule has 6 nitrogen and oxygen atoms in total. The summed E-state index contributed by atoms with van der Waals surface area (Å²) in [6.45, 7) is 0. The van der Waals surface area contributed by atoms with Crippen LogP contribution in [0.4, 0.5) is 0 Å². The second-order valence-electron chi connectivity index (χ2n) is 1.35. The Bertz CT molecular complexity index is 292. The zero-order valence-corrected chi connectivity index (χ0v) is 10.9. The van der Waals surface area contributed by atoms with Crippen LogP contribution < -0.4 is 0 Å². The van der Waals surface area contributed by atoms with E-state index >= 15 is 0 Å². The van der Waals surface area contributed by atoms with Crippen molar-refractivity contribution in [3.8, 4) is 0 Å². The summed E-state index contributed by atoms with van der Waals surface area (Å²) in [5, 5.41) is -1.43. The molecule has 84 valence electrons. The van der Waals surface area contributed by atoms with Gasteiger partial charge in [-0.2, -0.15) is 16.8 Å². The predicted molar refractivity (Wildman–Crippen MR) is 36.1 cm³/mol. The van der Waals surface area contributed by atoms with E-state index in [1.54, 1.807) is 0 Å². The van der Waals surface area contributed by atoms with Gasteiger partial charge >= 0.3 is 0 Å². The first-order chi connectivity index (χ1) is 4.27. The predicted octanol–water partition coefficient (Wildman–Crippen LogP) is -1.04. The van der Waals surface area contributed by atoms with Crippen molar-refractivity contribution >= 4 is 29.7 Å². The van der Waals surface area contributed by atoms with Gasteiger partial charge in [-0.25, -0.2) is 0 Å². The van der Waals surface area contributed by atoms with Gasteiger partial charge in [0.25, 0.3) is 20.2 Å². The summed E-state index contributed by atoms with van der Waals surface area (Å²) in [4.78, 5) is 0. The van der Waals surface area contributed by atoms with E-state index in [1.807, 2.05) is 0 Å². The van der Waals surface area contributed by atoms with E-state index in [0.717, 1.165) is 0 Å². The first-order valence-electron chi connectivity index (χ1n) is 1.83. The van der Waals surface area contributed by atoms with Crippen molar-refractivity contribution in [2.24, 2.45) is 0 Å². The molecular formula is CH5Ag2O6PS2. The van der Waals surface area contributed by atoms with Crippen molar-refractivity contribution in [3.63, 3.8) is 0 Å². The van der Waals surface area contributed by atoms with Crippen LogP contribution in [-0.4, -0.2) is 26.5 Å². The van der Waals surface area contributed by atoms with Crippen LogP contribution in [0.2, 0.25) is 0 Å². The molecule has 1 N–H and O–H groups in total. The molecule has 2 radical (unpaired) electrons. The third-order valence-electron chi connectivity index (χ3n) is 0.440. The van der Waals surface area contributed by atoms with Crippen molar-refractivity contribution < 1.29 is 70.1 Å². The zero-order valence-electron chi connectivity index (χ0n) is 5.19. The quantitative estimate of drug-likeness (QED) is 0.354. The number of rotatable bonds is 3. The molecular weight excluding hydrogens is 419 g/mol. The van der Waals surface area contributed by atoms with Gasteiger partial charge in [0, 0.05) is 54.2 Å². The van der Waals surface area contributed by atoms with Gasteiger partial charge in [0.15, 0.2) is 0 Å². The maximum absolute atomic E-state index is 10.2. The summed E-state index contributed by atoms with van der Waals surface area (Å²) >= 11 is 0. The SMILES string of the molecule is O=S(=O)(O)CS(=O)(=O)OP.[Ag].[Ag]. The van der Waals surface area contributed by atoms with Gasteiger partial charge < -0.3 is 0 Å². The number of hydrogen-bond acceptors (Lipinski definition) is 5. The van der Waals surface area contributed by atoms with Crippen LogP contribution in [0.3, 0.4) is 0 Å². The Kier molecular flexibility index (Phi) is 11.4. The van der Waals surface area contributed by atoms with Crippen LogP contribution in [0.5, 0.6) is 0 Å². The van der Waals surface area contributed by atoms with Gasteiger partial charge in [-0.3, -0.25) is 8.52 Å². The Morgan fingerprint density at radius 2 is 1.50 bits per heavy atom. The fraction of sp³-hybridized carbons (Fsp3) is 1.00. The fourth-order valence-corrected chi connectivity index (χ4v) is 2.39. The molecule has 0 spiro atoms. The van der Waals surface area contributed by atoms with Crippen molar-refractivity contribution in [2.45, 2.75) is 0 Å². The minimum atomic E-state index is -4.52. The maximum Gasteiger partial charge on any atom is 0.286 e. The van der Waals surface area contributed by atoms with Crippen molar-refractivity contribution in [3.05, 3.63) is 0 Å². The monoisotopic (exact) mass is 422 g/mol. The van der Waals surface area contributed by atoms with Gasteiger partial charge in [0.05, 0.1) is 0 Å². The fourth-order valence-electron chi connectivity index (χ4n) is 0.210. The maximum atomic E-state index is 10.2. The minimum absolute atomic E-state index is 0. The van der Waals surface area contributed by atoms with Gasteiger partial charge in [-0.05, 0) is 0 Å². The summed E-state index contributed by atoms with van der Waals surface area (Å²) in [7, 11) is -7.31. The van der Waals surface area contributed by atoms with Crippen molar-refractivity contribution in [1.82, 2.24) is 0 Å². The van der Waals surface area contributed by atoms with E-state index < -0.39 is 25.3 Å². The molecule has 0 aliphatic carbocycles. The molecule has 0 saturated carbocycles.